The average molecular weight is 452 g/mol. The molecule has 0 radical (unpaired) electrons. The van der Waals surface area contributed by atoms with Crippen LogP contribution >= 0.6 is 31.9 Å². The second kappa shape index (κ2) is 5.88. The van der Waals surface area contributed by atoms with Gasteiger partial charge in [0.05, 0.1) is 11.1 Å². The Kier molecular flexibility index (Phi) is 4.29. The predicted octanol–water partition coefficient (Wildman–Crippen LogP) is 6.03. The first-order valence-corrected chi connectivity index (χ1v) is 9.41. The van der Waals surface area contributed by atoms with Gasteiger partial charge in [0, 0.05) is 8.95 Å². The van der Waals surface area contributed by atoms with Crippen molar-refractivity contribution in [3.05, 3.63) is 68.6 Å². The molecule has 24 heavy (non-hydrogen) atoms. The number of benzene rings is 2. The first-order chi connectivity index (χ1) is 11.2. The van der Waals surface area contributed by atoms with Crippen LogP contribution in [0, 0.1) is 0 Å². The summed E-state index contributed by atoms with van der Waals surface area (Å²) >= 11 is 6.92. The summed E-state index contributed by atoms with van der Waals surface area (Å²) in [7, 11) is 0. The second-order valence-corrected chi connectivity index (χ2v) is 8.87. The SMILES string of the molecule is CC(C)(c1ccc(Br)cc1)N1C(=O)N1C(C)(C)c1ccc(Br)cc1. The first kappa shape index (κ1) is 17.5. The molecule has 2 amide bonds. The van der Waals surface area contributed by atoms with Crippen LogP contribution in [0.5, 0.6) is 0 Å². The van der Waals surface area contributed by atoms with Gasteiger partial charge in [0.25, 0.3) is 0 Å². The quantitative estimate of drug-likeness (QED) is 0.520. The summed E-state index contributed by atoms with van der Waals surface area (Å²) in [5, 5.41) is 3.69. The minimum absolute atomic E-state index is 0.0517. The van der Waals surface area contributed by atoms with Crippen molar-refractivity contribution in [1.29, 1.82) is 0 Å². The molecule has 1 aliphatic heterocycles. The van der Waals surface area contributed by atoms with Crippen molar-refractivity contribution in [3.63, 3.8) is 0 Å². The predicted molar refractivity (Wildman–Crippen MR) is 103 cm³/mol. The molecule has 0 atom stereocenters. The Bertz CT molecular complexity index is 701. The Labute approximate surface area is 159 Å². The molecule has 3 rings (SSSR count). The molecule has 0 unspecified atom stereocenters. The van der Waals surface area contributed by atoms with E-state index in [1.54, 1.807) is 0 Å². The third kappa shape index (κ3) is 2.88. The fraction of sp³-hybridized carbons (Fsp3) is 0.316. The van der Waals surface area contributed by atoms with Gasteiger partial charge >= 0.3 is 6.03 Å². The standard InChI is InChI=1S/C19H20Br2N2O/c1-18(2,13-5-9-15(20)10-6-13)22-17(24)23(22)19(3,4)14-7-11-16(21)12-8-14/h5-12H,1-4H3. The van der Waals surface area contributed by atoms with Crippen LogP contribution in [0.25, 0.3) is 0 Å². The molecule has 1 saturated heterocycles. The Balaban J connectivity index is 1.90. The third-order valence-electron chi connectivity index (χ3n) is 4.68. The van der Waals surface area contributed by atoms with Gasteiger partial charge in [-0.05, 0) is 63.1 Å². The number of amides is 2. The molecule has 5 heteroatoms. The average Bonchev–Trinajstić information content (AvgIpc) is 3.21. The summed E-state index contributed by atoms with van der Waals surface area (Å²) in [4.78, 5) is 12.6. The third-order valence-corrected chi connectivity index (χ3v) is 5.74. The summed E-state index contributed by atoms with van der Waals surface area (Å²) < 4.78 is 2.07. The Morgan fingerprint density at radius 1 is 0.667 bits per heavy atom. The molecular formula is C19H20Br2N2O. The van der Waals surface area contributed by atoms with Crippen LogP contribution < -0.4 is 0 Å². The van der Waals surface area contributed by atoms with Crippen LogP contribution in [-0.2, 0) is 11.1 Å². The van der Waals surface area contributed by atoms with Gasteiger partial charge in [0.15, 0.2) is 0 Å². The maximum atomic E-state index is 12.6. The van der Waals surface area contributed by atoms with Crippen molar-refractivity contribution >= 4 is 37.9 Å². The maximum Gasteiger partial charge on any atom is 0.359 e. The van der Waals surface area contributed by atoms with E-state index in [1.807, 2.05) is 34.3 Å². The van der Waals surface area contributed by atoms with E-state index in [0.29, 0.717) is 0 Å². The van der Waals surface area contributed by atoms with E-state index in [0.717, 1.165) is 20.1 Å². The number of urea groups is 1. The van der Waals surface area contributed by atoms with E-state index in [-0.39, 0.29) is 6.03 Å². The molecule has 0 aromatic heterocycles. The van der Waals surface area contributed by atoms with E-state index in [4.69, 9.17) is 0 Å². The van der Waals surface area contributed by atoms with E-state index in [2.05, 4.69) is 83.8 Å². The molecule has 3 nitrogen and oxygen atoms in total. The summed E-state index contributed by atoms with van der Waals surface area (Å²) in [6.07, 6.45) is 0. The van der Waals surface area contributed by atoms with Gasteiger partial charge in [-0.25, -0.2) is 14.8 Å². The minimum atomic E-state index is -0.398. The largest absolute Gasteiger partial charge is 0.359 e. The molecule has 2 aromatic rings. The van der Waals surface area contributed by atoms with E-state index in [9.17, 15) is 4.79 Å². The number of hydrogen-bond acceptors (Lipinski definition) is 1. The summed E-state index contributed by atoms with van der Waals surface area (Å²) in [5.41, 5.74) is 1.41. The van der Waals surface area contributed by atoms with Crippen LogP contribution in [0.4, 0.5) is 4.79 Å². The number of halogens is 2. The van der Waals surface area contributed by atoms with Crippen molar-refractivity contribution < 1.29 is 4.79 Å². The minimum Gasteiger partial charge on any atom is -0.244 e. The lowest BCUT2D eigenvalue weighted by molar-refractivity contribution is 0.0869. The van der Waals surface area contributed by atoms with Gasteiger partial charge in [0.1, 0.15) is 0 Å². The molecule has 2 aromatic carbocycles. The number of hydrogen-bond donors (Lipinski definition) is 0. The van der Waals surface area contributed by atoms with Crippen LogP contribution in [-0.4, -0.2) is 16.0 Å². The summed E-state index contributed by atoms with van der Waals surface area (Å²) in [6.45, 7) is 8.30. The topological polar surface area (TPSA) is 23.1 Å². The number of rotatable bonds is 4. The summed E-state index contributed by atoms with van der Waals surface area (Å²) in [5.74, 6) is 0. The van der Waals surface area contributed by atoms with Crippen molar-refractivity contribution in [2.75, 3.05) is 0 Å². The molecular weight excluding hydrogens is 432 g/mol. The normalized spacial score (nSPS) is 15.0. The lowest BCUT2D eigenvalue weighted by Crippen LogP contribution is -2.37. The van der Waals surface area contributed by atoms with Crippen molar-refractivity contribution in [3.8, 4) is 0 Å². The Hall–Kier alpha value is -1.33. The van der Waals surface area contributed by atoms with E-state index >= 15 is 0 Å². The molecule has 0 aliphatic carbocycles. The highest BCUT2D eigenvalue weighted by atomic mass is 79.9. The first-order valence-electron chi connectivity index (χ1n) is 7.82. The van der Waals surface area contributed by atoms with Crippen LogP contribution in [0.1, 0.15) is 38.8 Å². The van der Waals surface area contributed by atoms with Crippen LogP contribution in [0.15, 0.2) is 57.5 Å². The van der Waals surface area contributed by atoms with E-state index < -0.39 is 11.1 Å². The highest BCUT2D eigenvalue weighted by molar-refractivity contribution is 9.10. The fourth-order valence-corrected chi connectivity index (χ4v) is 3.60. The van der Waals surface area contributed by atoms with Gasteiger partial charge in [-0.1, -0.05) is 56.1 Å². The zero-order chi connectivity index (χ0) is 17.7. The van der Waals surface area contributed by atoms with Gasteiger partial charge in [-0.3, -0.25) is 0 Å². The lowest BCUT2D eigenvalue weighted by Gasteiger charge is -2.32. The van der Waals surface area contributed by atoms with Gasteiger partial charge in [-0.2, -0.15) is 0 Å². The van der Waals surface area contributed by atoms with Crippen molar-refractivity contribution in [2.24, 2.45) is 0 Å². The zero-order valence-corrected chi connectivity index (χ0v) is 17.3. The molecule has 1 fully saturated rings. The van der Waals surface area contributed by atoms with Crippen LogP contribution in [0.3, 0.4) is 0 Å². The zero-order valence-electron chi connectivity index (χ0n) is 14.2. The summed E-state index contributed by atoms with van der Waals surface area (Å²) in [6, 6.07) is 16.3. The molecule has 1 aliphatic rings. The molecule has 0 bridgehead atoms. The van der Waals surface area contributed by atoms with Crippen LogP contribution in [0.2, 0.25) is 0 Å². The highest BCUT2D eigenvalue weighted by Crippen LogP contribution is 2.46. The number of nitrogens with zero attached hydrogens (tertiary/aromatic N) is 2. The lowest BCUT2D eigenvalue weighted by atomic mass is 9.93. The molecule has 1 heterocycles. The van der Waals surface area contributed by atoms with Gasteiger partial charge < -0.3 is 0 Å². The highest BCUT2D eigenvalue weighted by Gasteiger charge is 2.58. The number of carbonyl (C=O) groups excluding carboxylic acids is 1. The van der Waals surface area contributed by atoms with E-state index in [1.165, 1.54) is 0 Å². The molecule has 0 saturated carbocycles. The second-order valence-electron chi connectivity index (χ2n) is 7.04. The smallest absolute Gasteiger partial charge is 0.244 e. The number of carbonyl (C=O) groups is 1. The Morgan fingerprint density at radius 3 is 1.25 bits per heavy atom. The van der Waals surface area contributed by atoms with Crippen molar-refractivity contribution in [1.82, 2.24) is 10.0 Å². The fourth-order valence-electron chi connectivity index (χ4n) is 3.07. The van der Waals surface area contributed by atoms with Gasteiger partial charge in [0.2, 0.25) is 0 Å². The maximum absolute atomic E-state index is 12.6. The monoisotopic (exact) mass is 450 g/mol. The van der Waals surface area contributed by atoms with Gasteiger partial charge in [-0.15, -0.1) is 0 Å². The molecule has 126 valence electrons. The Morgan fingerprint density at radius 2 is 0.958 bits per heavy atom. The van der Waals surface area contributed by atoms with Crippen molar-refractivity contribution in [2.45, 2.75) is 38.8 Å². The molecule has 0 N–H and O–H groups in total. The number of hydrazine groups is 1. The molecule has 0 spiro atoms.